The molecule has 1 aromatic carbocycles. The van der Waals surface area contributed by atoms with Gasteiger partial charge in [-0.2, -0.15) is 0 Å². The number of amides is 2. The van der Waals surface area contributed by atoms with Gasteiger partial charge in [0, 0.05) is 31.4 Å². The largest absolute Gasteiger partial charge is 0.451 e. The summed E-state index contributed by atoms with van der Waals surface area (Å²) in [5.74, 6) is 1.62. The normalized spacial score (nSPS) is 19.1. The van der Waals surface area contributed by atoms with Crippen LogP contribution in [0.4, 0.5) is 0 Å². The molecular formula is C23H30N2O3. The van der Waals surface area contributed by atoms with Crippen molar-refractivity contribution in [3.63, 3.8) is 0 Å². The van der Waals surface area contributed by atoms with Crippen LogP contribution in [0.15, 0.2) is 34.7 Å². The number of fused-ring (bicyclic) bond motifs is 1. The first-order chi connectivity index (χ1) is 13.7. The number of likely N-dealkylation sites (tertiary alicyclic amines) is 1. The fraction of sp³-hybridized carbons (Fsp3) is 0.565. The van der Waals surface area contributed by atoms with E-state index in [1.54, 1.807) is 0 Å². The number of nitrogens with one attached hydrogen (secondary N) is 1. The lowest BCUT2D eigenvalue weighted by Crippen LogP contribution is -2.41. The fourth-order valence-corrected chi connectivity index (χ4v) is 4.57. The second-order valence-electron chi connectivity index (χ2n) is 8.40. The van der Waals surface area contributed by atoms with Crippen LogP contribution in [0.25, 0.3) is 11.0 Å². The van der Waals surface area contributed by atoms with E-state index in [2.05, 4.69) is 5.32 Å². The Hall–Kier alpha value is -2.30. The predicted molar refractivity (Wildman–Crippen MR) is 109 cm³/mol. The number of hydrogen-bond donors (Lipinski definition) is 1. The first-order valence-corrected chi connectivity index (χ1v) is 10.7. The summed E-state index contributed by atoms with van der Waals surface area (Å²) in [7, 11) is 0. The monoisotopic (exact) mass is 382 g/mol. The number of carbonyl (C=O) groups is 2. The Morgan fingerprint density at radius 2 is 1.75 bits per heavy atom. The van der Waals surface area contributed by atoms with Crippen LogP contribution in [-0.2, 0) is 4.79 Å². The molecule has 2 fully saturated rings. The molecule has 5 nitrogen and oxygen atoms in total. The van der Waals surface area contributed by atoms with Gasteiger partial charge in [0.1, 0.15) is 5.58 Å². The minimum absolute atomic E-state index is 0.0315. The Morgan fingerprint density at radius 3 is 2.50 bits per heavy atom. The lowest BCUT2D eigenvalue weighted by atomic mass is 9.87. The maximum Gasteiger partial charge on any atom is 0.289 e. The van der Waals surface area contributed by atoms with Crippen molar-refractivity contribution in [1.29, 1.82) is 0 Å². The van der Waals surface area contributed by atoms with Gasteiger partial charge in [-0.05, 0) is 49.7 Å². The Balaban J connectivity index is 1.21. The van der Waals surface area contributed by atoms with Crippen molar-refractivity contribution in [3.05, 3.63) is 36.1 Å². The summed E-state index contributed by atoms with van der Waals surface area (Å²) in [6.45, 7) is 2.18. The Morgan fingerprint density at radius 1 is 1.00 bits per heavy atom. The molecule has 2 aliphatic rings. The van der Waals surface area contributed by atoms with Crippen molar-refractivity contribution in [2.45, 2.75) is 51.4 Å². The smallest absolute Gasteiger partial charge is 0.289 e. The number of carbonyl (C=O) groups excluding carboxylic acids is 2. The maximum absolute atomic E-state index is 12.7. The molecule has 1 aliphatic carbocycles. The van der Waals surface area contributed by atoms with E-state index < -0.39 is 0 Å². The molecule has 1 saturated heterocycles. The van der Waals surface area contributed by atoms with E-state index in [0.717, 1.165) is 43.4 Å². The molecule has 1 aromatic heterocycles. The van der Waals surface area contributed by atoms with E-state index >= 15 is 0 Å². The highest BCUT2D eigenvalue weighted by Gasteiger charge is 2.26. The highest BCUT2D eigenvalue weighted by atomic mass is 16.3. The molecule has 5 heteroatoms. The molecule has 1 saturated carbocycles. The van der Waals surface area contributed by atoms with Gasteiger partial charge < -0.3 is 14.6 Å². The van der Waals surface area contributed by atoms with Crippen LogP contribution in [0, 0.1) is 11.8 Å². The molecular weight excluding hydrogens is 352 g/mol. The van der Waals surface area contributed by atoms with Gasteiger partial charge in [0.25, 0.3) is 5.91 Å². The summed E-state index contributed by atoms with van der Waals surface area (Å²) in [5.41, 5.74) is 0.751. The molecule has 150 valence electrons. The Bertz CT molecular complexity index is 781. The number of nitrogens with zero attached hydrogens (tertiary/aromatic N) is 1. The molecule has 28 heavy (non-hydrogen) atoms. The zero-order valence-electron chi connectivity index (χ0n) is 16.5. The van der Waals surface area contributed by atoms with Crippen LogP contribution in [0.2, 0.25) is 0 Å². The van der Waals surface area contributed by atoms with Crippen LogP contribution < -0.4 is 5.32 Å². The van der Waals surface area contributed by atoms with Crippen LogP contribution >= 0.6 is 0 Å². The third-order valence-electron chi connectivity index (χ3n) is 6.32. The van der Waals surface area contributed by atoms with Gasteiger partial charge in [-0.1, -0.05) is 37.5 Å². The SMILES string of the molecule is O=C(CC1CCCCC1)NCC1CCN(C(=O)c2cc3ccccc3o2)CC1. The van der Waals surface area contributed by atoms with Gasteiger partial charge in [0.05, 0.1) is 0 Å². The van der Waals surface area contributed by atoms with Gasteiger partial charge in [-0.15, -0.1) is 0 Å². The third kappa shape index (κ3) is 4.57. The van der Waals surface area contributed by atoms with Gasteiger partial charge in [-0.3, -0.25) is 9.59 Å². The second kappa shape index (κ2) is 8.80. The molecule has 1 aliphatic heterocycles. The third-order valence-corrected chi connectivity index (χ3v) is 6.32. The highest BCUT2D eigenvalue weighted by Crippen LogP contribution is 2.26. The first kappa shape index (κ1) is 19.0. The topological polar surface area (TPSA) is 62.6 Å². The number of benzene rings is 1. The minimum Gasteiger partial charge on any atom is -0.451 e. The average molecular weight is 383 g/mol. The zero-order valence-corrected chi connectivity index (χ0v) is 16.5. The van der Waals surface area contributed by atoms with Gasteiger partial charge in [-0.25, -0.2) is 0 Å². The summed E-state index contributed by atoms with van der Waals surface area (Å²) in [5, 5.41) is 4.09. The lowest BCUT2D eigenvalue weighted by Gasteiger charge is -2.31. The minimum atomic E-state index is -0.0315. The second-order valence-corrected chi connectivity index (χ2v) is 8.40. The number of furan rings is 1. The summed E-state index contributed by atoms with van der Waals surface area (Å²) in [6.07, 6.45) is 8.81. The zero-order chi connectivity index (χ0) is 19.3. The van der Waals surface area contributed by atoms with E-state index in [0.29, 0.717) is 24.0 Å². The van der Waals surface area contributed by atoms with Crippen molar-refractivity contribution in [3.8, 4) is 0 Å². The summed E-state index contributed by atoms with van der Waals surface area (Å²) in [6, 6.07) is 9.52. The van der Waals surface area contributed by atoms with E-state index in [1.807, 2.05) is 35.2 Å². The standard InChI is InChI=1S/C23H30N2O3/c26-22(14-17-6-2-1-3-7-17)24-16-18-10-12-25(13-11-18)23(27)21-15-19-8-4-5-9-20(19)28-21/h4-5,8-9,15,17-18H,1-3,6-7,10-14,16H2,(H,24,26). The molecule has 2 amide bonds. The Kier molecular flexibility index (Phi) is 5.98. The molecule has 0 radical (unpaired) electrons. The van der Waals surface area contributed by atoms with Gasteiger partial charge in [0.15, 0.2) is 5.76 Å². The highest BCUT2D eigenvalue weighted by molar-refractivity contribution is 5.96. The molecule has 0 unspecified atom stereocenters. The van der Waals surface area contributed by atoms with Gasteiger partial charge >= 0.3 is 0 Å². The molecule has 1 N–H and O–H groups in total. The first-order valence-electron chi connectivity index (χ1n) is 10.7. The summed E-state index contributed by atoms with van der Waals surface area (Å²) >= 11 is 0. The average Bonchev–Trinajstić information content (AvgIpc) is 3.17. The van der Waals surface area contributed by atoms with Crippen molar-refractivity contribution in [2.24, 2.45) is 11.8 Å². The van der Waals surface area contributed by atoms with Crippen molar-refractivity contribution in [2.75, 3.05) is 19.6 Å². The van der Waals surface area contributed by atoms with Gasteiger partial charge in [0.2, 0.25) is 5.91 Å². The number of piperidine rings is 1. The van der Waals surface area contributed by atoms with Crippen LogP contribution in [0.3, 0.4) is 0 Å². The Labute approximate surface area is 166 Å². The van der Waals surface area contributed by atoms with E-state index in [-0.39, 0.29) is 11.8 Å². The lowest BCUT2D eigenvalue weighted by molar-refractivity contribution is -0.122. The van der Waals surface area contributed by atoms with Crippen molar-refractivity contribution >= 4 is 22.8 Å². The van der Waals surface area contributed by atoms with Crippen LogP contribution in [0.5, 0.6) is 0 Å². The molecule has 0 spiro atoms. The van der Waals surface area contributed by atoms with Crippen LogP contribution in [-0.4, -0.2) is 36.3 Å². The fourth-order valence-electron chi connectivity index (χ4n) is 4.57. The summed E-state index contributed by atoms with van der Waals surface area (Å²) in [4.78, 5) is 26.8. The van der Waals surface area contributed by atoms with Crippen LogP contribution in [0.1, 0.15) is 61.9 Å². The molecule has 0 atom stereocenters. The van der Waals surface area contributed by atoms with E-state index in [4.69, 9.17) is 4.42 Å². The summed E-state index contributed by atoms with van der Waals surface area (Å²) < 4.78 is 5.71. The maximum atomic E-state index is 12.7. The van der Waals surface area contributed by atoms with Crippen molar-refractivity contribution in [1.82, 2.24) is 10.2 Å². The molecule has 2 heterocycles. The van der Waals surface area contributed by atoms with E-state index in [1.165, 1.54) is 32.1 Å². The molecule has 0 bridgehead atoms. The number of para-hydroxylation sites is 1. The van der Waals surface area contributed by atoms with Crippen molar-refractivity contribution < 1.29 is 14.0 Å². The predicted octanol–water partition coefficient (Wildman–Crippen LogP) is 4.37. The molecule has 4 rings (SSSR count). The molecule has 2 aromatic rings. The number of hydrogen-bond acceptors (Lipinski definition) is 3. The number of rotatable bonds is 5. The quantitative estimate of drug-likeness (QED) is 0.835. The van der Waals surface area contributed by atoms with E-state index in [9.17, 15) is 9.59 Å².